The van der Waals surface area contributed by atoms with Gasteiger partial charge in [0.2, 0.25) is 11.8 Å². The molecule has 0 saturated heterocycles. The van der Waals surface area contributed by atoms with Crippen LogP contribution in [0.15, 0.2) is 24.3 Å². The number of rotatable bonds is 10. The first-order valence-electron chi connectivity index (χ1n) is 12.6. The Morgan fingerprint density at radius 2 is 1.83 bits per heavy atom. The molecule has 0 bridgehead atoms. The van der Waals surface area contributed by atoms with Crippen molar-refractivity contribution in [1.82, 2.24) is 15.5 Å². The first kappa shape index (κ1) is 28.8. The topological polar surface area (TPSA) is 108 Å². The highest BCUT2D eigenvalue weighted by Gasteiger charge is 2.37. The van der Waals surface area contributed by atoms with Gasteiger partial charge in [-0.05, 0) is 46.1 Å². The summed E-state index contributed by atoms with van der Waals surface area (Å²) in [6.07, 6.45) is 5.74. The second kappa shape index (κ2) is 13.6. The van der Waals surface area contributed by atoms with Crippen molar-refractivity contribution in [2.75, 3.05) is 12.3 Å². The number of phenolic OH excluding ortho intramolecular Hbond substituents is 1. The number of hydrogen-bond donors (Lipinski definition) is 4. The van der Waals surface area contributed by atoms with Crippen LogP contribution in [0.25, 0.3) is 0 Å². The van der Waals surface area contributed by atoms with E-state index in [1.807, 2.05) is 6.92 Å². The van der Waals surface area contributed by atoms with Crippen LogP contribution in [0.3, 0.4) is 0 Å². The molecule has 1 aromatic rings. The van der Waals surface area contributed by atoms with Crippen LogP contribution in [0.2, 0.25) is 0 Å². The summed E-state index contributed by atoms with van der Waals surface area (Å²) in [6.45, 7) is 7.49. The molecule has 1 aromatic carbocycles. The molecule has 0 heterocycles. The first-order chi connectivity index (χ1) is 16.6. The predicted octanol–water partition coefficient (Wildman–Crippen LogP) is 4.33. The molecule has 1 fully saturated rings. The molecule has 0 spiro atoms. The third-order valence-electron chi connectivity index (χ3n) is 5.95. The van der Waals surface area contributed by atoms with E-state index in [2.05, 4.69) is 23.3 Å². The Kier molecular flexibility index (Phi) is 11.2. The summed E-state index contributed by atoms with van der Waals surface area (Å²) in [6, 6.07) is 4.56. The number of para-hydroxylation sites is 1. The minimum absolute atomic E-state index is 0.0262. The number of carbonyl (C=O) groups is 3. The number of carbonyl (C=O) groups excluding carboxylic acids is 3. The normalized spacial score (nSPS) is 16.1. The number of phenols is 1. The number of alkyl carbamates (subject to hydrolysis) is 1. The van der Waals surface area contributed by atoms with E-state index in [4.69, 9.17) is 4.74 Å². The SMILES string of the molecule is CCCCN(C(=O)C(CS)NC(=O)OC(C)(C)C)C(C(=O)NC1CCCCC1)c1ccccc1O. The van der Waals surface area contributed by atoms with Gasteiger partial charge in [0.25, 0.3) is 0 Å². The van der Waals surface area contributed by atoms with Crippen molar-refractivity contribution in [2.24, 2.45) is 0 Å². The molecule has 0 radical (unpaired) electrons. The van der Waals surface area contributed by atoms with Crippen LogP contribution in [-0.4, -0.2) is 57.9 Å². The van der Waals surface area contributed by atoms with Gasteiger partial charge in [-0.3, -0.25) is 9.59 Å². The number of amides is 3. The number of aromatic hydroxyl groups is 1. The van der Waals surface area contributed by atoms with Crippen LogP contribution in [0, 0.1) is 0 Å². The van der Waals surface area contributed by atoms with Crippen LogP contribution in [0.4, 0.5) is 4.79 Å². The van der Waals surface area contributed by atoms with Crippen LogP contribution in [0.5, 0.6) is 5.75 Å². The van der Waals surface area contributed by atoms with Gasteiger partial charge in [-0.25, -0.2) is 4.79 Å². The zero-order chi connectivity index (χ0) is 26.0. The molecule has 1 aliphatic carbocycles. The van der Waals surface area contributed by atoms with E-state index < -0.39 is 29.7 Å². The van der Waals surface area contributed by atoms with Gasteiger partial charge in [-0.15, -0.1) is 0 Å². The van der Waals surface area contributed by atoms with Crippen molar-refractivity contribution < 1.29 is 24.2 Å². The van der Waals surface area contributed by atoms with Crippen molar-refractivity contribution in [3.8, 4) is 5.75 Å². The fourth-order valence-electron chi connectivity index (χ4n) is 4.23. The maximum atomic E-state index is 13.7. The highest BCUT2D eigenvalue weighted by Crippen LogP contribution is 2.31. The lowest BCUT2D eigenvalue weighted by Crippen LogP contribution is -2.54. The molecule has 2 rings (SSSR count). The predicted molar refractivity (Wildman–Crippen MR) is 139 cm³/mol. The number of thiol groups is 1. The first-order valence-corrected chi connectivity index (χ1v) is 13.2. The minimum atomic E-state index is -1.04. The molecule has 35 heavy (non-hydrogen) atoms. The van der Waals surface area contributed by atoms with E-state index in [1.54, 1.807) is 39.0 Å². The summed E-state index contributed by atoms with van der Waals surface area (Å²) in [5.41, 5.74) is -0.380. The standard InChI is InChI=1S/C26H41N3O5S/c1-5-6-16-29(24(32)20(17-35)28-25(33)34-26(2,3)4)22(19-14-10-11-15-21(19)30)23(31)27-18-12-8-7-9-13-18/h10-11,14-15,18,20,22,30,35H,5-9,12-13,16-17H2,1-4H3,(H,27,31)(H,28,33). The third kappa shape index (κ3) is 8.94. The Balaban J connectivity index is 2.39. The van der Waals surface area contributed by atoms with E-state index in [0.717, 1.165) is 38.5 Å². The molecule has 0 aromatic heterocycles. The number of unbranched alkanes of at least 4 members (excludes halogenated alkanes) is 1. The van der Waals surface area contributed by atoms with Crippen molar-refractivity contribution in [2.45, 2.75) is 96.4 Å². The molecular formula is C26H41N3O5S. The molecule has 2 atom stereocenters. The zero-order valence-electron chi connectivity index (χ0n) is 21.4. The highest BCUT2D eigenvalue weighted by molar-refractivity contribution is 7.80. The molecule has 1 saturated carbocycles. The molecule has 3 amide bonds. The monoisotopic (exact) mass is 507 g/mol. The van der Waals surface area contributed by atoms with Crippen molar-refractivity contribution >= 4 is 30.5 Å². The lowest BCUT2D eigenvalue weighted by molar-refractivity contribution is -0.142. The third-order valence-corrected chi connectivity index (χ3v) is 6.32. The van der Waals surface area contributed by atoms with E-state index >= 15 is 0 Å². The van der Waals surface area contributed by atoms with E-state index in [9.17, 15) is 19.5 Å². The molecule has 0 aliphatic heterocycles. The maximum Gasteiger partial charge on any atom is 0.408 e. The maximum absolute atomic E-state index is 13.7. The summed E-state index contributed by atoms with van der Waals surface area (Å²) in [5.74, 6) is -0.823. The Morgan fingerprint density at radius 1 is 1.17 bits per heavy atom. The van der Waals surface area contributed by atoms with Gasteiger partial charge in [-0.2, -0.15) is 12.6 Å². The van der Waals surface area contributed by atoms with Gasteiger partial charge < -0.3 is 25.4 Å². The van der Waals surface area contributed by atoms with Crippen molar-refractivity contribution in [1.29, 1.82) is 0 Å². The Labute approximate surface area is 214 Å². The second-order valence-electron chi connectivity index (χ2n) is 10.1. The summed E-state index contributed by atoms with van der Waals surface area (Å²) in [4.78, 5) is 41.3. The molecule has 3 N–H and O–H groups in total. The van der Waals surface area contributed by atoms with Gasteiger partial charge in [0.15, 0.2) is 0 Å². The largest absolute Gasteiger partial charge is 0.508 e. The Bertz CT molecular complexity index is 852. The van der Waals surface area contributed by atoms with Crippen molar-refractivity contribution in [3.05, 3.63) is 29.8 Å². The smallest absolute Gasteiger partial charge is 0.408 e. The van der Waals surface area contributed by atoms with E-state index in [0.29, 0.717) is 12.0 Å². The number of benzene rings is 1. The number of ether oxygens (including phenoxy) is 1. The summed E-state index contributed by atoms with van der Waals surface area (Å²) < 4.78 is 5.32. The van der Waals surface area contributed by atoms with Gasteiger partial charge in [0, 0.05) is 23.9 Å². The summed E-state index contributed by atoms with van der Waals surface area (Å²) >= 11 is 4.29. The quantitative estimate of drug-likeness (QED) is 0.353. The van der Waals surface area contributed by atoms with E-state index in [1.165, 1.54) is 11.0 Å². The molecule has 2 unspecified atom stereocenters. The number of nitrogens with one attached hydrogen (secondary N) is 2. The van der Waals surface area contributed by atoms with Crippen LogP contribution in [0.1, 0.15) is 84.2 Å². The van der Waals surface area contributed by atoms with Crippen LogP contribution < -0.4 is 10.6 Å². The average molecular weight is 508 g/mol. The zero-order valence-corrected chi connectivity index (χ0v) is 22.3. The van der Waals surface area contributed by atoms with Crippen LogP contribution >= 0.6 is 12.6 Å². The lowest BCUT2D eigenvalue weighted by atomic mass is 9.94. The van der Waals surface area contributed by atoms with E-state index in [-0.39, 0.29) is 30.0 Å². The second-order valence-corrected chi connectivity index (χ2v) is 10.4. The Morgan fingerprint density at radius 3 is 2.40 bits per heavy atom. The van der Waals surface area contributed by atoms with Gasteiger partial charge in [0.05, 0.1) is 0 Å². The highest BCUT2D eigenvalue weighted by atomic mass is 32.1. The number of nitrogens with zero attached hydrogens (tertiary/aromatic N) is 1. The molecule has 1 aliphatic rings. The lowest BCUT2D eigenvalue weighted by Gasteiger charge is -2.35. The van der Waals surface area contributed by atoms with Gasteiger partial charge in [0.1, 0.15) is 23.4 Å². The average Bonchev–Trinajstić information content (AvgIpc) is 2.80. The summed E-state index contributed by atoms with van der Waals surface area (Å²) in [7, 11) is 0. The number of hydrogen-bond acceptors (Lipinski definition) is 6. The van der Waals surface area contributed by atoms with Crippen LogP contribution in [-0.2, 0) is 14.3 Å². The fraction of sp³-hybridized carbons (Fsp3) is 0.654. The fourth-order valence-corrected chi connectivity index (χ4v) is 4.47. The Hall–Kier alpha value is -2.42. The molecule has 8 nitrogen and oxygen atoms in total. The molecular weight excluding hydrogens is 466 g/mol. The summed E-state index contributed by atoms with van der Waals surface area (Å²) in [5, 5.41) is 16.3. The minimum Gasteiger partial charge on any atom is -0.508 e. The molecule has 9 heteroatoms. The van der Waals surface area contributed by atoms with Gasteiger partial charge >= 0.3 is 6.09 Å². The molecule has 196 valence electrons. The van der Waals surface area contributed by atoms with Crippen molar-refractivity contribution in [3.63, 3.8) is 0 Å². The van der Waals surface area contributed by atoms with Gasteiger partial charge in [-0.1, -0.05) is 50.8 Å².